The van der Waals surface area contributed by atoms with Crippen molar-refractivity contribution in [3.05, 3.63) is 130 Å². The third kappa shape index (κ3) is 14.0. The van der Waals surface area contributed by atoms with E-state index in [1.165, 1.54) is 87.0 Å². The van der Waals surface area contributed by atoms with Crippen molar-refractivity contribution in [2.24, 2.45) is 25.4 Å². The van der Waals surface area contributed by atoms with E-state index >= 15 is 0 Å². The molecule has 0 atom stereocenters. The number of carbonyl (C=O) groups is 2. The molecule has 0 aromatic heterocycles. The van der Waals surface area contributed by atoms with E-state index < -0.39 is 47.9 Å². The third-order valence-corrected chi connectivity index (χ3v) is 11.8. The average molecular weight is 1010 g/mol. The van der Waals surface area contributed by atoms with E-state index in [0.29, 0.717) is 33.6 Å². The molecule has 2 amide bonds. The number of aryl methyl sites for hydroxylation is 2. The number of amides is 2. The minimum Gasteiger partial charge on any atom is -0.846 e. The van der Waals surface area contributed by atoms with Crippen LogP contribution in [0, 0.1) is 27.7 Å². The largest absolute Gasteiger partial charge is 1.00 e. The van der Waals surface area contributed by atoms with Gasteiger partial charge in [-0.05, 0) is 124 Å². The first-order chi connectivity index (χ1) is 32.0. The van der Waals surface area contributed by atoms with Gasteiger partial charge in [0.25, 0.3) is 21.9 Å². The number of hydrogen-bond donors (Lipinski definition) is 6. The third-order valence-electron chi connectivity index (χ3n) is 10.1. The zero-order valence-corrected chi connectivity index (χ0v) is 44.6. The van der Waals surface area contributed by atoms with Crippen LogP contribution in [0.25, 0.3) is 0 Å². The summed E-state index contributed by atoms with van der Waals surface area (Å²) in [6.45, 7) is 6.43. The Hall–Kier alpha value is -6.25. The number of ether oxygens (including phenoxy) is 2. The summed E-state index contributed by atoms with van der Waals surface area (Å²) in [7, 11) is -7.06. The number of azo groups is 2. The Labute approximate surface area is 447 Å². The van der Waals surface area contributed by atoms with Gasteiger partial charge in [-0.15, -0.1) is 0 Å². The number of nitrogens with two attached hydrogens (primary N) is 2. The maximum atomic E-state index is 13.4. The molecule has 6 aromatic carbocycles. The zero-order chi connectivity index (χ0) is 49.7. The summed E-state index contributed by atoms with van der Waals surface area (Å²) < 4.78 is 81.6. The molecule has 6 rings (SSSR count). The molecule has 0 aliphatic carbocycles. The Morgan fingerprint density at radius 1 is 0.557 bits per heavy atom. The van der Waals surface area contributed by atoms with E-state index in [1.54, 1.807) is 27.7 Å². The molecule has 0 aliphatic heterocycles. The smallest absolute Gasteiger partial charge is 0.846 e. The molecule has 0 unspecified atom stereocenters. The van der Waals surface area contributed by atoms with Crippen LogP contribution in [-0.2, 0) is 20.2 Å². The van der Waals surface area contributed by atoms with Crippen molar-refractivity contribution in [3.8, 4) is 11.5 Å². The predicted octanol–water partition coefficient (Wildman–Crippen LogP) is 2.06. The maximum Gasteiger partial charge on any atom is 1.00 e. The van der Waals surface area contributed by atoms with E-state index in [9.17, 15) is 40.6 Å². The van der Waals surface area contributed by atoms with Crippen molar-refractivity contribution >= 4 is 94.9 Å². The first-order valence-electron chi connectivity index (χ1n) is 19.8. The average Bonchev–Trinajstić information content (AvgIpc) is 3.27. The summed E-state index contributed by atoms with van der Waals surface area (Å²) in [5, 5.41) is 38.2. The van der Waals surface area contributed by atoms with E-state index in [1.807, 2.05) is 0 Å². The second kappa shape index (κ2) is 23.6. The molecule has 8 N–H and O–H groups in total. The Balaban J connectivity index is 0.00000533. The first-order valence-corrected chi connectivity index (χ1v) is 22.7. The molecule has 0 fully saturated rings. The number of methoxy groups -OCH3 is 2. The van der Waals surface area contributed by atoms with Crippen LogP contribution in [0.5, 0.6) is 11.5 Å². The fourth-order valence-electron chi connectivity index (χ4n) is 6.31. The van der Waals surface area contributed by atoms with Crippen LogP contribution in [0.4, 0.5) is 56.9 Å². The van der Waals surface area contributed by atoms with Crippen molar-refractivity contribution < 1.29 is 109 Å². The van der Waals surface area contributed by atoms with Gasteiger partial charge in [-0.3, -0.25) is 14.1 Å². The molecule has 0 radical (unpaired) electrons. The maximum absolute atomic E-state index is 13.4. The molecule has 0 spiro atoms. The summed E-state index contributed by atoms with van der Waals surface area (Å²) in [6, 6.07) is 21.4. The zero-order valence-electron chi connectivity index (χ0n) is 39.0. The van der Waals surface area contributed by atoms with Crippen molar-refractivity contribution in [1.29, 1.82) is 0 Å². The molecule has 0 saturated carbocycles. The number of carbonyl (C=O) groups excluding carboxylic acids is 2. The molecule has 0 aliphatic rings. The van der Waals surface area contributed by atoms with Crippen LogP contribution in [0.2, 0.25) is 0 Å². The van der Waals surface area contributed by atoms with Crippen molar-refractivity contribution in [3.63, 3.8) is 0 Å². The number of rotatable bonds is 14. The van der Waals surface area contributed by atoms with Crippen LogP contribution in [0.15, 0.2) is 132 Å². The Bertz CT molecular complexity index is 3300. The quantitative estimate of drug-likeness (QED) is 0.0227. The second-order valence-corrected chi connectivity index (χ2v) is 17.7. The van der Waals surface area contributed by atoms with Crippen LogP contribution in [0.1, 0.15) is 43.0 Å². The number of nitrogens with zero attached hydrogens (tertiary/aromatic N) is 5. The van der Waals surface area contributed by atoms with E-state index in [0.717, 1.165) is 24.3 Å². The van der Waals surface area contributed by atoms with Gasteiger partial charge in [0.15, 0.2) is 0 Å². The van der Waals surface area contributed by atoms with Crippen LogP contribution in [0.3, 0.4) is 0 Å². The van der Waals surface area contributed by atoms with E-state index in [-0.39, 0.29) is 127 Å². The number of nitrogen functional groups attached to an aromatic ring is 2. The Morgan fingerprint density at radius 3 is 1.41 bits per heavy atom. The Morgan fingerprint density at radius 2 is 0.971 bits per heavy atom. The molecular weight excluding hydrogens is 967 g/mol. The fraction of sp³-hybridized carbons (Fsp3) is 0.133. The van der Waals surface area contributed by atoms with Crippen LogP contribution >= 0.6 is 0 Å². The molecule has 6 aromatic rings. The fourth-order valence-corrected chi connectivity index (χ4v) is 7.35. The monoisotopic (exact) mass is 1010 g/mol. The second-order valence-electron chi connectivity index (χ2n) is 14.9. The molecule has 0 saturated heterocycles. The number of aliphatic imine (C=N–C) groups is 1. The van der Waals surface area contributed by atoms with E-state index in [2.05, 4.69) is 41.4 Å². The molecule has 352 valence electrons. The van der Waals surface area contributed by atoms with E-state index in [4.69, 9.17) is 20.9 Å². The first kappa shape index (κ1) is 56.3. The van der Waals surface area contributed by atoms with Crippen molar-refractivity contribution in [2.45, 2.75) is 37.5 Å². The van der Waals surface area contributed by atoms with Crippen LogP contribution < -0.4 is 101 Å². The van der Waals surface area contributed by atoms with Crippen molar-refractivity contribution in [1.82, 2.24) is 0 Å². The van der Waals surface area contributed by atoms with Gasteiger partial charge in [0.05, 0.1) is 58.5 Å². The van der Waals surface area contributed by atoms with Gasteiger partial charge in [0.1, 0.15) is 27.3 Å². The van der Waals surface area contributed by atoms with Gasteiger partial charge < -0.3 is 46.6 Å². The summed E-state index contributed by atoms with van der Waals surface area (Å²) in [5.74, 6) is -0.925. The van der Waals surface area contributed by atoms with Gasteiger partial charge in [-0.2, -0.15) is 28.9 Å². The molecule has 25 heteroatoms. The molecule has 0 heterocycles. The Kier molecular flexibility index (Phi) is 19.0. The minimum absolute atomic E-state index is 0. The topological polar surface area (TPSA) is 337 Å². The minimum atomic E-state index is -5.00. The SMILES string of the molecule is COc1cc(N=Nc2cc(S(=O)(=O)[O-])cc(NC(=O)c3ccc(N)cc3)c2C)c(C)cc1N=C([O-])Nc1cc(C)c(N=Nc2cc(S(=O)(=O)O)cc(NC(=O)c3ccc(N)cc3)c2C)cc1OC.[Na+].[Na+]. The standard InChI is InChI=1S/C45H44N10O11S2.2Na/c1-23-15-39(41(65-5)21-33(23)52-54-37-19-31(67(59,60)61)17-35(25(37)3)48-43(56)27-7-11-29(46)12-8-27)50-45(58)51-40-16-24(2)34(22-42(40)66-6)53-55-38-20-32(68(62,63)64)18-36(26(38)4)49-44(57)28-9-13-30(47)14-10-28;;/h7-22H,46-47H2,1-6H3,(H,48,56)(H,49,57)(H2,50,51,58)(H,59,60,61)(H,62,63,64);;/q;2*+1/p-2. The number of hydrogen-bond acceptors (Lipinski definition) is 17. The molecular formula is C45H42N10Na2O11S2. The number of nitrogens with one attached hydrogen (secondary N) is 3. The molecule has 70 heavy (non-hydrogen) atoms. The van der Waals surface area contributed by atoms with Gasteiger partial charge >= 0.3 is 59.1 Å². The summed E-state index contributed by atoms with van der Waals surface area (Å²) in [5.41, 5.74) is 15.1. The summed E-state index contributed by atoms with van der Waals surface area (Å²) in [6.07, 6.45) is 0. The molecule has 21 nitrogen and oxygen atoms in total. The van der Waals surface area contributed by atoms with Gasteiger partial charge in [-0.1, -0.05) is 0 Å². The normalized spacial score (nSPS) is 11.7. The van der Waals surface area contributed by atoms with Gasteiger partial charge in [0.2, 0.25) is 0 Å². The molecule has 0 bridgehead atoms. The number of benzene rings is 6. The van der Waals surface area contributed by atoms with Crippen molar-refractivity contribution in [2.75, 3.05) is 41.6 Å². The summed E-state index contributed by atoms with van der Waals surface area (Å²) in [4.78, 5) is 28.9. The van der Waals surface area contributed by atoms with Gasteiger partial charge in [0, 0.05) is 57.1 Å². The summed E-state index contributed by atoms with van der Waals surface area (Å²) >= 11 is 0. The van der Waals surface area contributed by atoms with Gasteiger partial charge in [-0.25, -0.2) is 13.4 Å². The predicted molar refractivity (Wildman–Crippen MR) is 252 cm³/mol. The van der Waals surface area contributed by atoms with Crippen LogP contribution in [-0.4, -0.2) is 58.0 Å². The number of amidine groups is 1. The number of anilines is 5.